The zero-order valence-electron chi connectivity index (χ0n) is 17.9. The zero-order valence-corrected chi connectivity index (χ0v) is 18.8. The van der Waals surface area contributed by atoms with Gasteiger partial charge in [0.25, 0.3) is 0 Å². The van der Waals surface area contributed by atoms with Gasteiger partial charge in [-0.3, -0.25) is 14.1 Å². The maximum Gasteiger partial charge on any atom is 0.248 e. The fourth-order valence-electron chi connectivity index (χ4n) is 3.42. The van der Waals surface area contributed by atoms with Crippen molar-refractivity contribution in [3.63, 3.8) is 0 Å². The molecular formula is C24H27N3O3S. The zero-order chi connectivity index (χ0) is 22.4. The van der Waals surface area contributed by atoms with Gasteiger partial charge in [0.2, 0.25) is 15.9 Å². The van der Waals surface area contributed by atoms with Crippen LogP contribution in [0.25, 0.3) is 0 Å². The van der Waals surface area contributed by atoms with E-state index in [0.29, 0.717) is 17.8 Å². The maximum absolute atomic E-state index is 13.0. The van der Waals surface area contributed by atoms with Crippen LogP contribution in [0, 0.1) is 6.92 Å². The number of rotatable bonds is 8. The lowest BCUT2D eigenvalue weighted by Crippen LogP contribution is -2.47. The number of benzene rings is 2. The van der Waals surface area contributed by atoms with E-state index >= 15 is 0 Å². The molecule has 3 rings (SSSR count). The van der Waals surface area contributed by atoms with Crippen LogP contribution in [-0.4, -0.2) is 31.6 Å². The molecule has 31 heavy (non-hydrogen) atoms. The summed E-state index contributed by atoms with van der Waals surface area (Å²) in [7, 11) is -3.65. The SMILES string of the molecule is CC[C@H](C(=O)Nc1ccc(Cc2ccncc2)cc1)N(c1ccc(C)cc1)S(C)(=O)=O. The molecule has 0 bridgehead atoms. The van der Waals surface area contributed by atoms with Crippen molar-refractivity contribution in [2.75, 3.05) is 15.9 Å². The molecule has 6 nitrogen and oxygen atoms in total. The third kappa shape index (κ3) is 5.92. The summed E-state index contributed by atoms with van der Waals surface area (Å²) < 4.78 is 26.3. The number of anilines is 2. The predicted molar refractivity (Wildman–Crippen MR) is 125 cm³/mol. The summed E-state index contributed by atoms with van der Waals surface area (Å²) >= 11 is 0. The quantitative estimate of drug-likeness (QED) is 0.574. The molecule has 0 saturated heterocycles. The van der Waals surface area contributed by atoms with Crippen molar-refractivity contribution in [3.05, 3.63) is 89.7 Å². The van der Waals surface area contributed by atoms with Crippen LogP contribution in [0.15, 0.2) is 73.1 Å². The minimum atomic E-state index is -3.65. The van der Waals surface area contributed by atoms with Crippen LogP contribution in [0.1, 0.15) is 30.0 Å². The molecule has 0 aliphatic heterocycles. The molecule has 0 fully saturated rings. The molecular weight excluding hydrogens is 410 g/mol. The van der Waals surface area contributed by atoms with Crippen molar-refractivity contribution < 1.29 is 13.2 Å². The number of sulfonamides is 1. The number of nitrogens with one attached hydrogen (secondary N) is 1. The van der Waals surface area contributed by atoms with E-state index in [0.717, 1.165) is 29.4 Å². The average molecular weight is 438 g/mol. The van der Waals surface area contributed by atoms with Crippen molar-refractivity contribution >= 4 is 27.3 Å². The molecule has 0 saturated carbocycles. The topological polar surface area (TPSA) is 79.4 Å². The predicted octanol–water partition coefficient (Wildman–Crippen LogP) is 4.16. The molecule has 0 aliphatic carbocycles. The summed E-state index contributed by atoms with van der Waals surface area (Å²) in [6.45, 7) is 3.73. The number of amides is 1. The smallest absolute Gasteiger partial charge is 0.248 e. The highest BCUT2D eigenvalue weighted by atomic mass is 32.2. The first-order valence-corrected chi connectivity index (χ1v) is 12.0. The average Bonchev–Trinajstić information content (AvgIpc) is 2.74. The lowest BCUT2D eigenvalue weighted by atomic mass is 10.1. The van der Waals surface area contributed by atoms with E-state index in [-0.39, 0.29) is 5.91 Å². The van der Waals surface area contributed by atoms with Crippen LogP contribution in [0.4, 0.5) is 11.4 Å². The van der Waals surface area contributed by atoms with Gasteiger partial charge in [-0.2, -0.15) is 0 Å². The van der Waals surface area contributed by atoms with E-state index < -0.39 is 16.1 Å². The van der Waals surface area contributed by atoms with Gasteiger partial charge < -0.3 is 5.32 Å². The van der Waals surface area contributed by atoms with Gasteiger partial charge in [-0.15, -0.1) is 0 Å². The van der Waals surface area contributed by atoms with E-state index in [1.807, 2.05) is 55.5 Å². The molecule has 2 aromatic carbocycles. The Balaban J connectivity index is 1.77. The summed E-state index contributed by atoms with van der Waals surface area (Å²) in [5.41, 5.74) is 4.37. The largest absolute Gasteiger partial charge is 0.324 e. The highest BCUT2D eigenvalue weighted by Crippen LogP contribution is 2.24. The van der Waals surface area contributed by atoms with E-state index in [1.165, 1.54) is 4.31 Å². The van der Waals surface area contributed by atoms with Gasteiger partial charge in [0.1, 0.15) is 6.04 Å². The molecule has 1 amide bonds. The molecule has 1 N–H and O–H groups in total. The molecule has 1 heterocycles. The van der Waals surface area contributed by atoms with E-state index in [1.54, 1.807) is 31.5 Å². The van der Waals surface area contributed by atoms with Crippen LogP contribution in [0.3, 0.4) is 0 Å². The number of hydrogen-bond acceptors (Lipinski definition) is 4. The number of aromatic nitrogens is 1. The first-order valence-electron chi connectivity index (χ1n) is 10.1. The molecule has 3 aromatic rings. The summed E-state index contributed by atoms with van der Waals surface area (Å²) in [5, 5.41) is 2.86. The Bertz CT molecular complexity index is 1110. The summed E-state index contributed by atoms with van der Waals surface area (Å²) in [5.74, 6) is -0.365. The number of pyridine rings is 1. The Morgan fingerprint density at radius 1 is 0.968 bits per heavy atom. The van der Waals surface area contributed by atoms with Crippen LogP contribution >= 0.6 is 0 Å². The van der Waals surface area contributed by atoms with Gasteiger partial charge in [-0.05, 0) is 67.3 Å². The highest BCUT2D eigenvalue weighted by molar-refractivity contribution is 7.92. The Morgan fingerprint density at radius 3 is 2.10 bits per heavy atom. The fraction of sp³-hybridized carbons (Fsp3) is 0.250. The van der Waals surface area contributed by atoms with E-state index in [2.05, 4.69) is 10.3 Å². The fourth-order valence-corrected chi connectivity index (χ4v) is 4.63. The first kappa shape index (κ1) is 22.5. The van der Waals surface area contributed by atoms with Crippen molar-refractivity contribution in [3.8, 4) is 0 Å². The van der Waals surface area contributed by atoms with E-state index in [4.69, 9.17) is 0 Å². The number of aryl methyl sites for hydroxylation is 1. The summed E-state index contributed by atoms with van der Waals surface area (Å²) in [6.07, 6.45) is 5.75. The molecule has 162 valence electrons. The molecule has 0 unspecified atom stereocenters. The van der Waals surface area contributed by atoms with Gasteiger partial charge in [0.15, 0.2) is 0 Å². The number of carbonyl (C=O) groups is 1. The molecule has 0 spiro atoms. The van der Waals surface area contributed by atoms with Crippen LogP contribution in [-0.2, 0) is 21.2 Å². The monoisotopic (exact) mass is 437 g/mol. The lowest BCUT2D eigenvalue weighted by molar-refractivity contribution is -0.117. The molecule has 1 atom stereocenters. The Labute approximate surface area is 184 Å². The highest BCUT2D eigenvalue weighted by Gasteiger charge is 2.31. The maximum atomic E-state index is 13.0. The third-order valence-corrected chi connectivity index (χ3v) is 6.18. The van der Waals surface area contributed by atoms with Gasteiger partial charge >= 0.3 is 0 Å². The van der Waals surface area contributed by atoms with Crippen molar-refractivity contribution in [2.24, 2.45) is 0 Å². The number of nitrogens with zero attached hydrogens (tertiary/aromatic N) is 2. The molecule has 0 radical (unpaired) electrons. The Morgan fingerprint density at radius 2 is 1.55 bits per heavy atom. The normalized spacial score (nSPS) is 12.2. The Kier molecular flexibility index (Phi) is 7.07. The van der Waals surface area contributed by atoms with Crippen molar-refractivity contribution in [1.29, 1.82) is 0 Å². The van der Waals surface area contributed by atoms with Gasteiger partial charge in [-0.25, -0.2) is 8.42 Å². The molecule has 1 aromatic heterocycles. The second kappa shape index (κ2) is 9.75. The van der Waals surface area contributed by atoms with Crippen LogP contribution < -0.4 is 9.62 Å². The Hall–Kier alpha value is -3.19. The summed E-state index contributed by atoms with van der Waals surface area (Å²) in [4.78, 5) is 17.0. The van der Waals surface area contributed by atoms with E-state index in [9.17, 15) is 13.2 Å². The van der Waals surface area contributed by atoms with Crippen molar-refractivity contribution in [1.82, 2.24) is 4.98 Å². The second-order valence-electron chi connectivity index (χ2n) is 7.54. The second-order valence-corrected chi connectivity index (χ2v) is 9.40. The minimum Gasteiger partial charge on any atom is -0.324 e. The van der Waals surface area contributed by atoms with Crippen LogP contribution in [0.2, 0.25) is 0 Å². The summed E-state index contributed by atoms with van der Waals surface area (Å²) in [6, 6.07) is 17.7. The van der Waals surface area contributed by atoms with Gasteiger partial charge in [0, 0.05) is 18.1 Å². The first-order chi connectivity index (χ1) is 14.8. The number of hydrogen-bond donors (Lipinski definition) is 1. The molecule has 7 heteroatoms. The lowest BCUT2D eigenvalue weighted by Gasteiger charge is -2.30. The van der Waals surface area contributed by atoms with Crippen LogP contribution in [0.5, 0.6) is 0 Å². The standard InChI is InChI=1S/C24H27N3O3S/c1-4-23(27(31(3,29)30)22-11-5-18(2)6-12-22)24(28)26-21-9-7-19(8-10-21)17-20-13-15-25-16-14-20/h5-16,23H,4,17H2,1-3H3,(H,26,28)/t23-/m1/s1. The minimum absolute atomic E-state index is 0.340. The van der Waals surface area contributed by atoms with Gasteiger partial charge in [0.05, 0.1) is 11.9 Å². The van der Waals surface area contributed by atoms with Gasteiger partial charge in [-0.1, -0.05) is 36.8 Å². The molecule has 0 aliphatic rings. The number of carbonyl (C=O) groups excluding carboxylic acids is 1. The third-order valence-electron chi connectivity index (χ3n) is 5.00. The van der Waals surface area contributed by atoms with Crippen molar-refractivity contribution in [2.45, 2.75) is 32.7 Å².